The Labute approximate surface area is 161 Å². The molecule has 1 unspecified atom stereocenters. The van der Waals surface area contributed by atoms with E-state index in [1.807, 2.05) is 0 Å². The average Bonchev–Trinajstić information content (AvgIpc) is 2.67. The monoisotopic (exact) mass is 387 g/mol. The summed E-state index contributed by atoms with van der Waals surface area (Å²) in [6.07, 6.45) is 3.20. The molecule has 27 heavy (non-hydrogen) atoms. The second-order valence-corrected chi connectivity index (χ2v) is 5.80. The van der Waals surface area contributed by atoms with Gasteiger partial charge in [-0.3, -0.25) is 9.59 Å². The highest BCUT2D eigenvalue weighted by atomic mass is 35.5. The van der Waals surface area contributed by atoms with Crippen LogP contribution in [-0.2, 0) is 14.3 Å². The van der Waals surface area contributed by atoms with Crippen LogP contribution in [0.15, 0.2) is 48.7 Å². The Morgan fingerprint density at radius 2 is 1.89 bits per heavy atom. The Morgan fingerprint density at radius 1 is 1.19 bits per heavy atom. The normalized spacial score (nSPS) is 11.7. The largest absolute Gasteiger partial charge is 0.449 e. The van der Waals surface area contributed by atoms with Gasteiger partial charge in [-0.25, -0.2) is 9.78 Å². The smallest absolute Gasteiger partial charge is 0.331 e. The molecule has 1 aromatic carbocycles. The quantitative estimate of drug-likeness (QED) is 0.451. The zero-order valence-electron chi connectivity index (χ0n) is 14.7. The van der Waals surface area contributed by atoms with E-state index in [4.69, 9.17) is 16.3 Å². The summed E-state index contributed by atoms with van der Waals surface area (Å²) in [5, 5.41) is 5.20. The van der Waals surface area contributed by atoms with Crippen molar-refractivity contribution >= 4 is 41.1 Å². The van der Waals surface area contributed by atoms with Crippen molar-refractivity contribution in [2.45, 2.75) is 13.0 Å². The summed E-state index contributed by atoms with van der Waals surface area (Å²) < 4.78 is 5.06. The third kappa shape index (κ3) is 5.93. The number of carbonyl (C=O) groups excluding carboxylic acids is 3. The second kappa shape index (κ2) is 9.49. The Bertz CT molecular complexity index is 866. The zero-order chi connectivity index (χ0) is 19.8. The molecule has 2 aromatic rings. The van der Waals surface area contributed by atoms with E-state index >= 15 is 0 Å². The summed E-state index contributed by atoms with van der Waals surface area (Å²) in [5.74, 6) is -1.40. The molecule has 0 radical (unpaired) electrons. The van der Waals surface area contributed by atoms with Gasteiger partial charge in [-0.15, -0.1) is 0 Å². The molecule has 7 nitrogen and oxygen atoms in total. The number of ether oxygens (including phenoxy) is 1. The maximum atomic E-state index is 12.1. The van der Waals surface area contributed by atoms with Gasteiger partial charge in [0.2, 0.25) is 0 Å². The molecule has 0 spiro atoms. The molecule has 0 aliphatic carbocycles. The fourth-order valence-electron chi connectivity index (χ4n) is 2.03. The van der Waals surface area contributed by atoms with Gasteiger partial charge in [0, 0.05) is 24.9 Å². The molecule has 1 heterocycles. The number of nitrogens with one attached hydrogen (secondary N) is 2. The Balaban J connectivity index is 1.90. The van der Waals surface area contributed by atoms with Crippen molar-refractivity contribution in [2.24, 2.45) is 0 Å². The molecule has 2 rings (SSSR count). The summed E-state index contributed by atoms with van der Waals surface area (Å²) in [6.45, 7) is 1.45. The highest BCUT2D eigenvalue weighted by Gasteiger charge is 2.17. The van der Waals surface area contributed by atoms with Crippen molar-refractivity contribution in [1.29, 1.82) is 0 Å². The Kier molecular flexibility index (Phi) is 7.08. The van der Waals surface area contributed by atoms with Gasteiger partial charge in [-0.1, -0.05) is 23.7 Å². The van der Waals surface area contributed by atoms with Gasteiger partial charge >= 0.3 is 5.97 Å². The molecule has 140 valence electrons. The van der Waals surface area contributed by atoms with Crippen LogP contribution in [0.1, 0.15) is 22.8 Å². The first-order valence-electron chi connectivity index (χ1n) is 8.03. The molecule has 0 fully saturated rings. The number of hydrogen-bond acceptors (Lipinski definition) is 5. The maximum absolute atomic E-state index is 12.1. The average molecular weight is 388 g/mol. The maximum Gasteiger partial charge on any atom is 0.331 e. The molecule has 1 aromatic heterocycles. The van der Waals surface area contributed by atoms with E-state index in [1.54, 1.807) is 43.4 Å². The van der Waals surface area contributed by atoms with Gasteiger partial charge in [-0.05, 0) is 42.8 Å². The van der Waals surface area contributed by atoms with Gasteiger partial charge in [-0.2, -0.15) is 0 Å². The van der Waals surface area contributed by atoms with Crippen LogP contribution in [-0.4, -0.2) is 35.9 Å². The summed E-state index contributed by atoms with van der Waals surface area (Å²) in [5.41, 5.74) is 1.55. The van der Waals surface area contributed by atoms with E-state index < -0.39 is 18.0 Å². The molecule has 8 heteroatoms. The van der Waals surface area contributed by atoms with E-state index in [0.29, 0.717) is 16.8 Å². The number of amides is 2. The number of halogens is 1. The van der Waals surface area contributed by atoms with Crippen molar-refractivity contribution in [3.63, 3.8) is 0 Å². The van der Waals surface area contributed by atoms with E-state index in [2.05, 4.69) is 15.6 Å². The van der Waals surface area contributed by atoms with E-state index in [-0.39, 0.29) is 11.1 Å². The Hall–Kier alpha value is -3.19. The predicted octanol–water partition coefficient (Wildman–Crippen LogP) is 2.68. The minimum Gasteiger partial charge on any atom is -0.449 e. The minimum absolute atomic E-state index is 0.143. The predicted molar refractivity (Wildman–Crippen MR) is 102 cm³/mol. The Morgan fingerprint density at radius 3 is 2.52 bits per heavy atom. The molecule has 0 aliphatic heterocycles. The van der Waals surface area contributed by atoms with Gasteiger partial charge in [0.15, 0.2) is 11.3 Å². The first kappa shape index (κ1) is 20.1. The first-order valence-corrected chi connectivity index (χ1v) is 8.40. The van der Waals surface area contributed by atoms with Crippen molar-refractivity contribution < 1.29 is 19.1 Å². The van der Waals surface area contributed by atoms with Gasteiger partial charge in [0.1, 0.15) is 0 Å². The molecule has 1 atom stereocenters. The standard InChI is InChI=1S/C19H18ClN3O4/c1-12(18(25)23-15-4-3-11-22-17(15)20)27-16(24)10-7-13-5-8-14(9-6-13)19(26)21-2/h3-12H,1-2H3,(H,21,26)(H,23,25)/b10-7+. The SMILES string of the molecule is CNC(=O)c1ccc(/C=C/C(=O)OC(C)C(=O)Nc2cccnc2Cl)cc1. The van der Waals surface area contributed by atoms with Crippen LogP contribution >= 0.6 is 11.6 Å². The summed E-state index contributed by atoms with van der Waals surface area (Å²) in [4.78, 5) is 39.3. The van der Waals surface area contributed by atoms with E-state index in [9.17, 15) is 14.4 Å². The topological polar surface area (TPSA) is 97.4 Å². The van der Waals surface area contributed by atoms with Gasteiger partial charge < -0.3 is 15.4 Å². The van der Waals surface area contributed by atoms with Crippen molar-refractivity contribution in [2.75, 3.05) is 12.4 Å². The van der Waals surface area contributed by atoms with Crippen LogP contribution in [0.5, 0.6) is 0 Å². The number of aromatic nitrogens is 1. The van der Waals surface area contributed by atoms with Crippen LogP contribution in [0.25, 0.3) is 6.08 Å². The molecule has 0 saturated heterocycles. The minimum atomic E-state index is -1.02. The molecule has 2 N–H and O–H groups in total. The van der Waals surface area contributed by atoms with Crippen LogP contribution < -0.4 is 10.6 Å². The molecule has 2 amide bonds. The number of rotatable bonds is 6. The third-order valence-electron chi connectivity index (χ3n) is 3.49. The first-order chi connectivity index (χ1) is 12.9. The highest BCUT2D eigenvalue weighted by molar-refractivity contribution is 6.32. The van der Waals surface area contributed by atoms with Crippen molar-refractivity contribution in [3.05, 3.63) is 65.0 Å². The van der Waals surface area contributed by atoms with E-state index in [0.717, 1.165) is 0 Å². The van der Waals surface area contributed by atoms with Gasteiger partial charge in [0.05, 0.1) is 5.69 Å². The summed E-state index contributed by atoms with van der Waals surface area (Å²) in [6, 6.07) is 9.86. The van der Waals surface area contributed by atoms with Crippen LogP contribution in [0, 0.1) is 0 Å². The van der Waals surface area contributed by atoms with Crippen molar-refractivity contribution in [1.82, 2.24) is 10.3 Å². The number of nitrogens with zero attached hydrogens (tertiary/aromatic N) is 1. The number of esters is 1. The third-order valence-corrected chi connectivity index (χ3v) is 3.79. The summed E-state index contributed by atoms with van der Waals surface area (Å²) in [7, 11) is 1.55. The van der Waals surface area contributed by atoms with Crippen LogP contribution in [0.4, 0.5) is 5.69 Å². The number of anilines is 1. The van der Waals surface area contributed by atoms with Crippen LogP contribution in [0.3, 0.4) is 0 Å². The fourth-order valence-corrected chi connectivity index (χ4v) is 2.20. The molecule has 0 bridgehead atoms. The number of benzene rings is 1. The molecule has 0 aliphatic rings. The molecule has 0 saturated carbocycles. The summed E-state index contributed by atoms with van der Waals surface area (Å²) >= 11 is 5.87. The molecular weight excluding hydrogens is 370 g/mol. The lowest BCUT2D eigenvalue weighted by molar-refractivity contribution is -0.148. The number of carbonyl (C=O) groups is 3. The number of pyridine rings is 1. The highest BCUT2D eigenvalue weighted by Crippen LogP contribution is 2.17. The van der Waals surface area contributed by atoms with Gasteiger partial charge in [0.25, 0.3) is 11.8 Å². The lowest BCUT2D eigenvalue weighted by Gasteiger charge is -2.12. The van der Waals surface area contributed by atoms with E-state index in [1.165, 1.54) is 25.3 Å². The van der Waals surface area contributed by atoms with Crippen molar-refractivity contribution in [3.8, 4) is 0 Å². The second-order valence-electron chi connectivity index (χ2n) is 5.44. The fraction of sp³-hybridized carbons (Fsp3) is 0.158. The molecular formula is C19H18ClN3O4. The lowest BCUT2D eigenvalue weighted by Crippen LogP contribution is -2.29. The lowest BCUT2D eigenvalue weighted by atomic mass is 10.1. The van der Waals surface area contributed by atoms with Crippen LogP contribution in [0.2, 0.25) is 5.15 Å². The zero-order valence-corrected chi connectivity index (χ0v) is 15.5. The number of hydrogen-bond donors (Lipinski definition) is 2.